The van der Waals surface area contributed by atoms with Crippen LogP contribution in [0.4, 0.5) is 0 Å². The van der Waals surface area contributed by atoms with Crippen LogP contribution < -0.4 is 5.32 Å². The topological polar surface area (TPSA) is 50.7 Å². The summed E-state index contributed by atoms with van der Waals surface area (Å²) < 4.78 is 0. The Bertz CT molecular complexity index is 162. The van der Waals surface area contributed by atoms with Crippen LogP contribution in [0.1, 0.15) is 20.8 Å². The van der Waals surface area contributed by atoms with E-state index >= 15 is 0 Å². The molecule has 0 aliphatic rings. The summed E-state index contributed by atoms with van der Waals surface area (Å²) in [7, 11) is 1.69. The van der Waals surface area contributed by atoms with Gasteiger partial charge in [0.15, 0.2) is 0 Å². The van der Waals surface area contributed by atoms with Crippen molar-refractivity contribution in [1.29, 1.82) is 0 Å². The molecule has 1 atom stereocenters. The predicted octanol–water partition coefficient (Wildman–Crippen LogP) is 0.533. The van der Waals surface area contributed by atoms with Crippen LogP contribution in [0, 0.1) is 0 Å². The Hall–Kier alpha value is -0.900. The van der Waals surface area contributed by atoms with Gasteiger partial charge in [0.25, 0.3) is 0 Å². The molecule has 1 unspecified atom stereocenters. The number of hydrogen-bond donors (Lipinski definition) is 1. The quantitative estimate of drug-likeness (QED) is 0.370. The largest absolute Gasteiger partial charge is 0.351 e. The van der Waals surface area contributed by atoms with Gasteiger partial charge in [-0.3, -0.25) is 0 Å². The molecule has 0 saturated carbocycles. The lowest BCUT2D eigenvalue weighted by molar-refractivity contribution is -0.145. The maximum absolute atomic E-state index is 10.9. The van der Waals surface area contributed by atoms with E-state index in [1.807, 2.05) is 0 Å². The van der Waals surface area contributed by atoms with Crippen LogP contribution in [0.3, 0.4) is 0 Å². The molecule has 0 rings (SSSR count). The third-order valence-corrected chi connectivity index (χ3v) is 1.10. The van der Waals surface area contributed by atoms with Crippen LogP contribution in [0.25, 0.3) is 0 Å². The fraction of sp³-hybridized carbons (Fsp3) is 0.714. The number of rotatable bonds is 3. The van der Waals surface area contributed by atoms with Gasteiger partial charge in [-0.15, -0.1) is 0 Å². The molecule has 11 heavy (non-hydrogen) atoms. The monoisotopic (exact) mass is 158 g/mol. The second-order valence-corrected chi connectivity index (χ2v) is 2.46. The van der Waals surface area contributed by atoms with Crippen molar-refractivity contribution in [1.82, 2.24) is 5.32 Å². The van der Waals surface area contributed by atoms with Crippen LogP contribution in [-0.4, -0.2) is 24.8 Å². The molecule has 0 bridgehead atoms. The third-order valence-electron chi connectivity index (χ3n) is 1.10. The zero-order chi connectivity index (χ0) is 8.85. The van der Waals surface area contributed by atoms with Crippen molar-refractivity contribution < 1.29 is 9.63 Å². The Balaban J connectivity index is 3.79. The molecule has 4 nitrogen and oxygen atoms in total. The maximum atomic E-state index is 10.9. The predicted molar refractivity (Wildman–Crippen MR) is 43.4 cm³/mol. The summed E-state index contributed by atoms with van der Waals surface area (Å²) in [5.74, 6) is -0.367. The molecule has 0 amide bonds. The van der Waals surface area contributed by atoms with Crippen LogP contribution >= 0.6 is 0 Å². The summed E-state index contributed by atoms with van der Waals surface area (Å²) in [6.07, 6.45) is 0. The number of likely N-dealkylation sites (N-methyl/N-ethyl adjacent to an activating group) is 1. The molecule has 1 N–H and O–H groups in total. The number of nitrogens with one attached hydrogen (secondary N) is 1. The highest BCUT2D eigenvalue weighted by molar-refractivity contribution is 5.80. The highest BCUT2D eigenvalue weighted by Crippen LogP contribution is 1.88. The SMILES string of the molecule is CNC(C)C(=O)ON=C(C)C. The van der Waals surface area contributed by atoms with E-state index in [0.717, 1.165) is 5.71 Å². The average molecular weight is 158 g/mol. The van der Waals surface area contributed by atoms with Gasteiger partial charge in [0, 0.05) is 0 Å². The summed E-state index contributed by atoms with van der Waals surface area (Å²) in [6.45, 7) is 5.23. The average Bonchev–Trinajstić information content (AvgIpc) is 1.98. The van der Waals surface area contributed by atoms with Crippen molar-refractivity contribution in [2.45, 2.75) is 26.8 Å². The fourth-order valence-corrected chi connectivity index (χ4v) is 0.333. The first-order valence-electron chi connectivity index (χ1n) is 3.47. The molecular formula is C7H14N2O2. The number of nitrogens with zero attached hydrogens (tertiary/aromatic N) is 1. The van der Waals surface area contributed by atoms with Gasteiger partial charge >= 0.3 is 5.97 Å². The fourth-order valence-electron chi connectivity index (χ4n) is 0.333. The molecule has 0 radical (unpaired) electrons. The van der Waals surface area contributed by atoms with Crippen molar-refractivity contribution >= 4 is 11.7 Å². The smallest absolute Gasteiger partial charge is 0.317 e. The Morgan fingerprint density at radius 1 is 1.55 bits per heavy atom. The standard InChI is InChI=1S/C7H14N2O2/c1-5(2)9-11-7(10)6(3)8-4/h6,8H,1-4H3. The molecule has 0 fully saturated rings. The van der Waals surface area contributed by atoms with Gasteiger partial charge in [0.1, 0.15) is 6.04 Å². The minimum absolute atomic E-state index is 0.307. The molecule has 0 aromatic rings. The number of carbonyl (C=O) groups is 1. The van der Waals surface area contributed by atoms with Gasteiger partial charge in [0.2, 0.25) is 0 Å². The molecular weight excluding hydrogens is 144 g/mol. The Kier molecular flexibility index (Phi) is 4.45. The molecule has 64 valence electrons. The summed E-state index contributed by atoms with van der Waals surface area (Å²) in [5.41, 5.74) is 0.724. The van der Waals surface area contributed by atoms with E-state index in [1.54, 1.807) is 27.8 Å². The van der Waals surface area contributed by atoms with Gasteiger partial charge in [-0.2, -0.15) is 0 Å². The second kappa shape index (κ2) is 4.85. The summed E-state index contributed by atoms with van der Waals surface area (Å²) in [6, 6.07) is -0.307. The summed E-state index contributed by atoms with van der Waals surface area (Å²) >= 11 is 0. The molecule has 0 spiro atoms. The summed E-state index contributed by atoms with van der Waals surface area (Å²) in [5, 5.41) is 6.27. The number of carbonyl (C=O) groups excluding carboxylic acids is 1. The van der Waals surface area contributed by atoms with Crippen LogP contribution in [-0.2, 0) is 9.63 Å². The molecule has 0 heterocycles. The van der Waals surface area contributed by atoms with Crippen LogP contribution in [0.15, 0.2) is 5.16 Å². The van der Waals surface area contributed by atoms with E-state index in [2.05, 4.69) is 15.3 Å². The van der Waals surface area contributed by atoms with Crippen molar-refractivity contribution in [3.05, 3.63) is 0 Å². The third kappa shape index (κ3) is 4.50. The molecule has 0 aromatic carbocycles. The molecule has 0 saturated heterocycles. The van der Waals surface area contributed by atoms with Crippen molar-refractivity contribution in [2.75, 3.05) is 7.05 Å². The Morgan fingerprint density at radius 3 is 2.45 bits per heavy atom. The van der Waals surface area contributed by atoms with E-state index in [9.17, 15) is 4.79 Å². The van der Waals surface area contributed by atoms with E-state index in [-0.39, 0.29) is 12.0 Å². The molecule has 0 aliphatic heterocycles. The highest BCUT2D eigenvalue weighted by atomic mass is 16.7. The van der Waals surface area contributed by atoms with Gasteiger partial charge < -0.3 is 10.2 Å². The van der Waals surface area contributed by atoms with E-state index in [1.165, 1.54) is 0 Å². The number of hydrogen-bond acceptors (Lipinski definition) is 4. The van der Waals surface area contributed by atoms with Gasteiger partial charge in [-0.1, -0.05) is 5.16 Å². The maximum Gasteiger partial charge on any atom is 0.351 e. The lowest BCUT2D eigenvalue weighted by Crippen LogP contribution is -2.31. The van der Waals surface area contributed by atoms with Crippen LogP contribution in [0.5, 0.6) is 0 Å². The zero-order valence-electron chi connectivity index (χ0n) is 7.34. The second-order valence-electron chi connectivity index (χ2n) is 2.46. The lowest BCUT2D eigenvalue weighted by Gasteiger charge is -2.04. The van der Waals surface area contributed by atoms with Crippen molar-refractivity contribution in [2.24, 2.45) is 5.16 Å². The molecule has 4 heteroatoms. The van der Waals surface area contributed by atoms with Crippen molar-refractivity contribution in [3.8, 4) is 0 Å². The Morgan fingerprint density at radius 2 is 2.09 bits per heavy atom. The zero-order valence-corrected chi connectivity index (χ0v) is 7.34. The lowest BCUT2D eigenvalue weighted by atomic mass is 10.4. The molecule has 0 aliphatic carbocycles. The first-order chi connectivity index (χ1) is 5.07. The van der Waals surface area contributed by atoms with E-state index in [4.69, 9.17) is 0 Å². The van der Waals surface area contributed by atoms with Gasteiger partial charge in [0.05, 0.1) is 5.71 Å². The van der Waals surface area contributed by atoms with Crippen molar-refractivity contribution in [3.63, 3.8) is 0 Å². The minimum atomic E-state index is -0.367. The normalized spacial score (nSPS) is 12.0. The van der Waals surface area contributed by atoms with E-state index < -0.39 is 0 Å². The first-order valence-corrected chi connectivity index (χ1v) is 3.47. The van der Waals surface area contributed by atoms with Gasteiger partial charge in [-0.25, -0.2) is 4.79 Å². The minimum Gasteiger partial charge on any atom is -0.317 e. The highest BCUT2D eigenvalue weighted by Gasteiger charge is 2.10. The number of oxime groups is 1. The van der Waals surface area contributed by atoms with Gasteiger partial charge in [-0.05, 0) is 27.8 Å². The first kappa shape index (κ1) is 10.1. The molecule has 0 aromatic heterocycles. The van der Waals surface area contributed by atoms with Crippen LogP contribution in [0.2, 0.25) is 0 Å². The van der Waals surface area contributed by atoms with E-state index in [0.29, 0.717) is 0 Å². The summed E-state index contributed by atoms with van der Waals surface area (Å²) in [4.78, 5) is 15.4. The Labute approximate surface area is 66.6 Å².